The van der Waals surface area contributed by atoms with Gasteiger partial charge in [0, 0.05) is 21.0 Å². The normalized spacial score (nSPS) is 10.7. The Morgan fingerprint density at radius 2 is 1.67 bits per heavy atom. The van der Waals surface area contributed by atoms with Crippen LogP contribution in [-0.4, -0.2) is 10.9 Å². The number of aryl methyl sites for hydroxylation is 3. The van der Waals surface area contributed by atoms with Gasteiger partial charge in [-0.05, 0) is 45.0 Å². The van der Waals surface area contributed by atoms with Gasteiger partial charge in [-0.25, -0.2) is 4.98 Å². The molecule has 0 unspecified atom stereocenters. The van der Waals surface area contributed by atoms with Gasteiger partial charge >= 0.3 is 0 Å². The molecule has 24 heavy (non-hydrogen) atoms. The fraction of sp³-hybridized carbons (Fsp3) is 0.158. The molecule has 5 heteroatoms. The molecule has 3 nitrogen and oxygen atoms in total. The first-order valence-corrected chi connectivity index (χ1v) is 8.75. The van der Waals surface area contributed by atoms with E-state index >= 15 is 0 Å². The minimum Gasteiger partial charge on any atom is -0.298 e. The third-order valence-electron chi connectivity index (χ3n) is 3.62. The second-order valence-corrected chi connectivity index (χ2v) is 7.40. The Labute approximate surface area is 150 Å². The number of nitrogens with one attached hydrogen (secondary N) is 1. The molecule has 0 fully saturated rings. The Kier molecular flexibility index (Phi) is 4.69. The molecule has 3 aromatic rings. The predicted octanol–water partition coefficient (Wildman–Crippen LogP) is 5.64. The quantitative estimate of drug-likeness (QED) is 0.659. The lowest BCUT2D eigenvalue weighted by molar-refractivity contribution is 0.102. The van der Waals surface area contributed by atoms with Crippen molar-refractivity contribution >= 4 is 34.0 Å². The molecule has 1 N–H and O–H groups in total. The van der Waals surface area contributed by atoms with Gasteiger partial charge in [0.05, 0.1) is 5.69 Å². The standard InChI is InChI=1S/C19H17ClN2OS/c1-11-8-12(2)10-15(9-11)18(23)22-19-21-17(13(3)24-19)14-4-6-16(20)7-5-14/h4-10H,1-3H3,(H,21,22,23). The lowest BCUT2D eigenvalue weighted by Crippen LogP contribution is -2.12. The van der Waals surface area contributed by atoms with Gasteiger partial charge < -0.3 is 0 Å². The summed E-state index contributed by atoms with van der Waals surface area (Å²) in [6.45, 7) is 5.96. The molecule has 3 rings (SSSR count). The SMILES string of the molecule is Cc1cc(C)cc(C(=O)Nc2nc(-c3ccc(Cl)cc3)c(C)s2)c1. The molecule has 2 aromatic carbocycles. The summed E-state index contributed by atoms with van der Waals surface area (Å²) in [4.78, 5) is 18.1. The summed E-state index contributed by atoms with van der Waals surface area (Å²) in [5, 5.41) is 4.19. The Balaban J connectivity index is 1.84. The molecule has 0 atom stereocenters. The first-order chi connectivity index (χ1) is 11.4. The van der Waals surface area contributed by atoms with Gasteiger partial charge in [0.2, 0.25) is 0 Å². The third kappa shape index (κ3) is 3.66. The summed E-state index contributed by atoms with van der Waals surface area (Å²) < 4.78 is 0. The second kappa shape index (κ2) is 6.75. The van der Waals surface area contributed by atoms with Crippen LogP contribution in [0.15, 0.2) is 42.5 Å². The minimum atomic E-state index is -0.141. The van der Waals surface area contributed by atoms with Gasteiger partial charge in [0.1, 0.15) is 0 Å². The van der Waals surface area contributed by atoms with E-state index in [2.05, 4.69) is 10.3 Å². The van der Waals surface area contributed by atoms with E-state index in [4.69, 9.17) is 11.6 Å². The van der Waals surface area contributed by atoms with Crippen molar-refractivity contribution in [2.24, 2.45) is 0 Å². The van der Waals surface area contributed by atoms with Crippen LogP contribution >= 0.6 is 22.9 Å². The number of carbonyl (C=O) groups excluding carboxylic acids is 1. The molecule has 1 amide bonds. The van der Waals surface area contributed by atoms with Crippen LogP contribution in [0.25, 0.3) is 11.3 Å². The maximum Gasteiger partial charge on any atom is 0.257 e. The second-order valence-electron chi connectivity index (χ2n) is 5.76. The lowest BCUT2D eigenvalue weighted by Gasteiger charge is -2.04. The van der Waals surface area contributed by atoms with E-state index in [1.54, 1.807) is 0 Å². The van der Waals surface area contributed by atoms with Gasteiger partial charge in [-0.1, -0.05) is 40.9 Å². The van der Waals surface area contributed by atoms with E-state index in [1.807, 2.05) is 63.2 Å². The largest absolute Gasteiger partial charge is 0.298 e. The minimum absolute atomic E-state index is 0.141. The van der Waals surface area contributed by atoms with Crippen molar-refractivity contribution in [2.45, 2.75) is 20.8 Å². The number of hydrogen-bond donors (Lipinski definition) is 1. The summed E-state index contributed by atoms with van der Waals surface area (Å²) in [5.74, 6) is -0.141. The summed E-state index contributed by atoms with van der Waals surface area (Å²) in [6, 6.07) is 13.3. The number of anilines is 1. The molecule has 122 valence electrons. The average molecular weight is 357 g/mol. The lowest BCUT2D eigenvalue weighted by atomic mass is 10.1. The van der Waals surface area contributed by atoms with Crippen LogP contribution in [0, 0.1) is 20.8 Å². The van der Waals surface area contributed by atoms with Crippen LogP contribution < -0.4 is 5.32 Å². The van der Waals surface area contributed by atoms with E-state index in [0.29, 0.717) is 15.7 Å². The molecule has 0 saturated heterocycles. The molecule has 1 aromatic heterocycles. The first-order valence-electron chi connectivity index (χ1n) is 7.55. The van der Waals surface area contributed by atoms with Crippen molar-refractivity contribution < 1.29 is 4.79 Å². The fourth-order valence-electron chi connectivity index (χ4n) is 2.60. The molecule has 0 radical (unpaired) electrons. The fourth-order valence-corrected chi connectivity index (χ4v) is 3.56. The van der Waals surface area contributed by atoms with Crippen LogP contribution in [0.3, 0.4) is 0 Å². The highest BCUT2D eigenvalue weighted by Gasteiger charge is 2.13. The number of benzene rings is 2. The number of amides is 1. The van der Waals surface area contributed by atoms with Crippen molar-refractivity contribution in [3.63, 3.8) is 0 Å². The third-order valence-corrected chi connectivity index (χ3v) is 4.76. The van der Waals surface area contributed by atoms with Crippen molar-refractivity contribution in [3.05, 3.63) is 69.1 Å². The van der Waals surface area contributed by atoms with Gasteiger partial charge in [-0.15, -0.1) is 11.3 Å². The summed E-state index contributed by atoms with van der Waals surface area (Å²) in [6.07, 6.45) is 0. The van der Waals surface area contributed by atoms with E-state index in [0.717, 1.165) is 27.3 Å². The van der Waals surface area contributed by atoms with E-state index < -0.39 is 0 Å². The number of aromatic nitrogens is 1. The van der Waals surface area contributed by atoms with Crippen LogP contribution in [0.4, 0.5) is 5.13 Å². The Morgan fingerprint density at radius 3 is 2.29 bits per heavy atom. The topological polar surface area (TPSA) is 42.0 Å². The van der Waals surface area contributed by atoms with E-state index in [-0.39, 0.29) is 5.91 Å². The van der Waals surface area contributed by atoms with Crippen molar-refractivity contribution in [1.29, 1.82) is 0 Å². The zero-order valence-corrected chi connectivity index (χ0v) is 15.3. The van der Waals surface area contributed by atoms with Crippen LogP contribution in [0.5, 0.6) is 0 Å². The number of rotatable bonds is 3. The van der Waals surface area contributed by atoms with Crippen molar-refractivity contribution in [2.75, 3.05) is 5.32 Å². The zero-order valence-electron chi connectivity index (χ0n) is 13.7. The molecular weight excluding hydrogens is 340 g/mol. The molecule has 0 saturated carbocycles. The van der Waals surface area contributed by atoms with Crippen LogP contribution in [-0.2, 0) is 0 Å². The number of carbonyl (C=O) groups is 1. The Bertz CT molecular complexity index is 880. The average Bonchev–Trinajstić information content (AvgIpc) is 2.87. The van der Waals surface area contributed by atoms with Gasteiger partial charge in [0.25, 0.3) is 5.91 Å². The van der Waals surface area contributed by atoms with Crippen LogP contribution in [0.2, 0.25) is 5.02 Å². The molecule has 1 heterocycles. The van der Waals surface area contributed by atoms with E-state index in [1.165, 1.54) is 11.3 Å². The summed E-state index contributed by atoms with van der Waals surface area (Å²) >= 11 is 7.40. The summed E-state index contributed by atoms with van der Waals surface area (Å²) in [5.41, 5.74) is 4.63. The number of hydrogen-bond acceptors (Lipinski definition) is 3. The molecule has 0 aliphatic rings. The number of thiazole rings is 1. The zero-order chi connectivity index (χ0) is 17.3. The number of nitrogens with zero attached hydrogens (tertiary/aromatic N) is 1. The Morgan fingerprint density at radius 1 is 1.04 bits per heavy atom. The van der Waals surface area contributed by atoms with Gasteiger partial charge in [-0.2, -0.15) is 0 Å². The molecule has 0 bridgehead atoms. The smallest absolute Gasteiger partial charge is 0.257 e. The maximum absolute atomic E-state index is 12.5. The first kappa shape index (κ1) is 16.7. The highest BCUT2D eigenvalue weighted by Crippen LogP contribution is 2.31. The van der Waals surface area contributed by atoms with Crippen LogP contribution in [0.1, 0.15) is 26.4 Å². The molecule has 0 spiro atoms. The molecule has 0 aliphatic heterocycles. The highest BCUT2D eigenvalue weighted by atomic mass is 35.5. The monoisotopic (exact) mass is 356 g/mol. The Hall–Kier alpha value is -2.17. The highest BCUT2D eigenvalue weighted by molar-refractivity contribution is 7.16. The van der Waals surface area contributed by atoms with Gasteiger partial charge in [0.15, 0.2) is 5.13 Å². The predicted molar refractivity (Wildman–Crippen MR) is 101 cm³/mol. The van der Waals surface area contributed by atoms with Gasteiger partial charge in [-0.3, -0.25) is 10.1 Å². The molecular formula is C19H17ClN2OS. The number of halogens is 1. The van der Waals surface area contributed by atoms with Crippen molar-refractivity contribution in [3.8, 4) is 11.3 Å². The molecule has 0 aliphatic carbocycles. The summed E-state index contributed by atoms with van der Waals surface area (Å²) in [7, 11) is 0. The maximum atomic E-state index is 12.5. The van der Waals surface area contributed by atoms with E-state index in [9.17, 15) is 4.79 Å². The van der Waals surface area contributed by atoms with Crippen molar-refractivity contribution in [1.82, 2.24) is 4.98 Å².